The molecule has 0 amide bonds. The highest BCUT2D eigenvalue weighted by molar-refractivity contribution is 5.93. The third-order valence-corrected chi connectivity index (χ3v) is 6.30. The molecule has 1 aromatic heterocycles. The number of rotatable bonds is 13. The first-order chi connectivity index (χ1) is 14.4. The zero-order chi connectivity index (χ0) is 20.2. The molecule has 0 saturated heterocycles. The molecule has 0 aliphatic heterocycles. The summed E-state index contributed by atoms with van der Waals surface area (Å²) in [5, 5.41) is 1.23. The number of hydrogen-bond acceptors (Lipinski definition) is 2. The van der Waals surface area contributed by atoms with Crippen molar-refractivity contribution in [3.8, 4) is 0 Å². The van der Waals surface area contributed by atoms with Crippen molar-refractivity contribution in [3.05, 3.63) is 35.5 Å². The molecule has 0 bridgehead atoms. The van der Waals surface area contributed by atoms with Crippen molar-refractivity contribution in [1.29, 1.82) is 0 Å². The van der Waals surface area contributed by atoms with E-state index in [0.717, 1.165) is 24.8 Å². The van der Waals surface area contributed by atoms with Crippen LogP contribution in [-0.2, 0) is 12.8 Å². The van der Waals surface area contributed by atoms with E-state index in [0.29, 0.717) is 0 Å². The number of hydrogen-bond donors (Lipinski definition) is 0. The summed E-state index contributed by atoms with van der Waals surface area (Å²) in [5.74, 6) is 0. The van der Waals surface area contributed by atoms with Crippen molar-refractivity contribution in [2.24, 2.45) is 4.99 Å². The first kappa shape index (κ1) is 22.0. The van der Waals surface area contributed by atoms with Gasteiger partial charge in [0.1, 0.15) is 0 Å². The van der Waals surface area contributed by atoms with E-state index in [1.54, 1.807) is 0 Å². The number of unbranched alkanes of at least 4 members (excludes halogenated alkanes) is 11. The average molecular weight is 393 g/mol. The summed E-state index contributed by atoms with van der Waals surface area (Å²) in [6.07, 6.45) is 23.4. The highest BCUT2D eigenvalue weighted by Gasteiger charge is 2.17. The molecule has 29 heavy (non-hydrogen) atoms. The van der Waals surface area contributed by atoms with Gasteiger partial charge in [-0.3, -0.25) is 9.98 Å². The number of para-hydroxylation sites is 1. The Labute approximate surface area is 178 Å². The van der Waals surface area contributed by atoms with Crippen LogP contribution >= 0.6 is 0 Å². The van der Waals surface area contributed by atoms with E-state index in [-0.39, 0.29) is 0 Å². The van der Waals surface area contributed by atoms with Crippen LogP contribution in [0.1, 0.15) is 108 Å². The Morgan fingerprint density at radius 1 is 0.828 bits per heavy atom. The summed E-state index contributed by atoms with van der Waals surface area (Å²) in [5.41, 5.74) is 5.00. The van der Waals surface area contributed by atoms with Gasteiger partial charge in [0.25, 0.3) is 0 Å². The van der Waals surface area contributed by atoms with E-state index in [9.17, 15) is 0 Å². The highest BCUT2D eigenvalue weighted by Crippen LogP contribution is 2.35. The van der Waals surface area contributed by atoms with Gasteiger partial charge >= 0.3 is 0 Å². The SMILES string of the molecule is CCCCCCCCCCCCC/C=N\c1c2c(nc3ccccc13)CCCC2. The number of aromatic nitrogens is 1. The van der Waals surface area contributed by atoms with Gasteiger partial charge in [-0.1, -0.05) is 89.3 Å². The molecule has 0 unspecified atom stereocenters. The fourth-order valence-corrected chi connectivity index (χ4v) is 4.55. The molecule has 0 saturated carbocycles. The minimum atomic E-state index is 1.10. The van der Waals surface area contributed by atoms with Crippen LogP contribution in [0.15, 0.2) is 29.3 Å². The lowest BCUT2D eigenvalue weighted by molar-refractivity contribution is 0.552. The Kier molecular flexibility index (Phi) is 9.69. The van der Waals surface area contributed by atoms with Crippen molar-refractivity contribution in [3.63, 3.8) is 0 Å². The third kappa shape index (κ3) is 6.94. The molecule has 1 aromatic carbocycles. The Morgan fingerprint density at radius 3 is 2.24 bits per heavy atom. The number of fused-ring (bicyclic) bond motifs is 2. The molecule has 1 aliphatic rings. The topological polar surface area (TPSA) is 25.2 Å². The highest BCUT2D eigenvalue weighted by atomic mass is 14.8. The van der Waals surface area contributed by atoms with Crippen LogP contribution in [0.5, 0.6) is 0 Å². The maximum Gasteiger partial charge on any atom is 0.0769 e. The summed E-state index contributed by atoms with van der Waals surface area (Å²) in [7, 11) is 0. The summed E-state index contributed by atoms with van der Waals surface area (Å²) < 4.78 is 0. The van der Waals surface area contributed by atoms with Gasteiger partial charge in [0.05, 0.1) is 11.2 Å². The minimum absolute atomic E-state index is 1.10. The molecule has 3 rings (SSSR count). The van der Waals surface area contributed by atoms with Crippen LogP contribution in [0.3, 0.4) is 0 Å². The van der Waals surface area contributed by atoms with Gasteiger partial charge in [-0.05, 0) is 50.2 Å². The Morgan fingerprint density at radius 2 is 1.48 bits per heavy atom. The van der Waals surface area contributed by atoms with E-state index in [1.165, 1.54) is 106 Å². The summed E-state index contributed by atoms with van der Waals surface area (Å²) in [6.45, 7) is 2.29. The summed E-state index contributed by atoms with van der Waals surface area (Å²) >= 11 is 0. The maximum absolute atomic E-state index is 4.97. The van der Waals surface area contributed by atoms with E-state index >= 15 is 0 Å². The lowest BCUT2D eigenvalue weighted by atomic mass is 9.93. The molecule has 2 nitrogen and oxygen atoms in total. The molecule has 0 N–H and O–H groups in total. The van der Waals surface area contributed by atoms with Gasteiger partial charge in [-0.25, -0.2) is 0 Å². The zero-order valence-electron chi connectivity index (χ0n) is 18.6. The summed E-state index contributed by atoms with van der Waals surface area (Å²) in [4.78, 5) is 9.88. The number of pyridine rings is 1. The standard InChI is InChI=1S/C27H40N2/c1-2-3-4-5-6-7-8-9-10-11-12-17-22-28-27-23-18-13-15-20-25(23)29-26-21-16-14-19-24(26)27/h13,15,18,20,22H,2-12,14,16-17,19,21H2,1H3/b28-22-. The zero-order valence-corrected chi connectivity index (χ0v) is 18.6. The predicted molar refractivity (Wildman–Crippen MR) is 128 cm³/mol. The first-order valence-corrected chi connectivity index (χ1v) is 12.3. The van der Waals surface area contributed by atoms with Crippen LogP contribution in [-0.4, -0.2) is 11.2 Å². The van der Waals surface area contributed by atoms with Crippen LogP contribution in [0, 0.1) is 0 Å². The van der Waals surface area contributed by atoms with Crippen LogP contribution in [0.4, 0.5) is 5.69 Å². The first-order valence-electron chi connectivity index (χ1n) is 12.3. The summed E-state index contributed by atoms with van der Waals surface area (Å²) in [6, 6.07) is 8.52. The average Bonchev–Trinajstić information content (AvgIpc) is 2.76. The van der Waals surface area contributed by atoms with E-state index < -0.39 is 0 Å². The molecule has 158 valence electrons. The fourth-order valence-electron chi connectivity index (χ4n) is 4.55. The van der Waals surface area contributed by atoms with Crippen molar-refractivity contribution in [1.82, 2.24) is 4.98 Å². The van der Waals surface area contributed by atoms with Crippen molar-refractivity contribution >= 4 is 22.8 Å². The lowest BCUT2D eigenvalue weighted by Gasteiger charge is -2.18. The Hall–Kier alpha value is -1.70. The number of aryl methyl sites for hydroxylation is 1. The molecular formula is C27H40N2. The molecule has 0 atom stereocenters. The molecule has 2 aromatic rings. The number of aliphatic imine (C=N–C) groups is 1. The third-order valence-electron chi connectivity index (χ3n) is 6.30. The van der Waals surface area contributed by atoms with Crippen molar-refractivity contribution in [2.75, 3.05) is 0 Å². The molecule has 0 radical (unpaired) electrons. The molecule has 0 spiro atoms. The van der Waals surface area contributed by atoms with Gasteiger partial charge in [0.15, 0.2) is 0 Å². The largest absolute Gasteiger partial charge is 0.260 e. The molecular weight excluding hydrogens is 352 g/mol. The van der Waals surface area contributed by atoms with Gasteiger partial charge in [0, 0.05) is 17.3 Å². The van der Waals surface area contributed by atoms with Crippen LogP contribution < -0.4 is 0 Å². The second-order valence-electron chi connectivity index (χ2n) is 8.75. The fraction of sp³-hybridized carbons (Fsp3) is 0.630. The maximum atomic E-state index is 4.97. The molecule has 1 heterocycles. The van der Waals surface area contributed by atoms with Gasteiger partial charge in [-0.15, -0.1) is 0 Å². The number of nitrogens with zero attached hydrogens (tertiary/aromatic N) is 2. The van der Waals surface area contributed by atoms with E-state index in [2.05, 4.69) is 37.4 Å². The van der Waals surface area contributed by atoms with Gasteiger partial charge < -0.3 is 0 Å². The quantitative estimate of drug-likeness (QED) is 0.248. The molecule has 1 aliphatic carbocycles. The Balaban J connectivity index is 1.39. The van der Waals surface area contributed by atoms with Crippen molar-refractivity contribution in [2.45, 2.75) is 110 Å². The monoisotopic (exact) mass is 392 g/mol. The second-order valence-corrected chi connectivity index (χ2v) is 8.75. The predicted octanol–water partition coefficient (Wildman–Crippen LogP) is 8.52. The van der Waals surface area contributed by atoms with E-state index in [1.807, 2.05) is 0 Å². The normalized spacial score (nSPS) is 14.0. The Bertz CT molecular complexity index is 762. The lowest BCUT2D eigenvalue weighted by Crippen LogP contribution is -2.06. The van der Waals surface area contributed by atoms with Crippen LogP contribution in [0.25, 0.3) is 10.9 Å². The molecule has 2 heteroatoms. The van der Waals surface area contributed by atoms with Gasteiger partial charge in [-0.2, -0.15) is 0 Å². The molecule has 0 fully saturated rings. The smallest absolute Gasteiger partial charge is 0.0769 e. The van der Waals surface area contributed by atoms with E-state index in [4.69, 9.17) is 9.98 Å². The number of benzene rings is 1. The minimum Gasteiger partial charge on any atom is -0.260 e. The second kappa shape index (κ2) is 12.8. The van der Waals surface area contributed by atoms with Crippen LogP contribution in [0.2, 0.25) is 0 Å². The van der Waals surface area contributed by atoms with Gasteiger partial charge in [0.2, 0.25) is 0 Å². The van der Waals surface area contributed by atoms with Crippen molar-refractivity contribution < 1.29 is 0 Å².